The first-order valence-electron chi connectivity index (χ1n) is 6.09. The molecule has 4 nitrogen and oxygen atoms in total. The van der Waals surface area contributed by atoms with Gasteiger partial charge >= 0.3 is 0 Å². The molecule has 0 amide bonds. The zero-order valence-corrected chi connectivity index (χ0v) is 12.3. The van der Waals surface area contributed by atoms with Crippen LogP contribution in [0.4, 0.5) is 0 Å². The number of para-hydroxylation sites is 1. The summed E-state index contributed by atoms with van der Waals surface area (Å²) >= 11 is 0. The van der Waals surface area contributed by atoms with E-state index in [2.05, 4.69) is 0 Å². The monoisotopic (exact) mass is 292 g/mol. The molecule has 0 bridgehead atoms. The van der Waals surface area contributed by atoms with E-state index in [0.717, 1.165) is 0 Å². The first-order valence-corrected chi connectivity index (χ1v) is 7.57. The zero-order valence-electron chi connectivity index (χ0n) is 11.5. The molecule has 0 aliphatic carbocycles. The van der Waals surface area contributed by atoms with Crippen molar-refractivity contribution in [2.45, 2.75) is 30.6 Å². The molecular weight excluding hydrogens is 276 g/mol. The standard InChI is InChI=1S/C15H16O4S/c1-9-7-12(16)11(3)14(8-9)20(18,19)13-6-4-5-10(2)15(13)17/h4-8,16-17H,1-3H3. The Morgan fingerprint density at radius 1 is 0.950 bits per heavy atom. The molecule has 0 spiro atoms. The zero-order chi connectivity index (χ0) is 15.1. The summed E-state index contributed by atoms with van der Waals surface area (Å²) in [7, 11) is -3.88. The second-order valence-electron chi connectivity index (χ2n) is 4.83. The highest BCUT2D eigenvalue weighted by molar-refractivity contribution is 7.91. The summed E-state index contributed by atoms with van der Waals surface area (Å²) in [5, 5.41) is 19.8. The molecule has 0 fully saturated rings. The van der Waals surface area contributed by atoms with Gasteiger partial charge in [-0.05, 0) is 50.1 Å². The third-order valence-electron chi connectivity index (χ3n) is 3.26. The van der Waals surface area contributed by atoms with Gasteiger partial charge in [0.05, 0.1) is 4.90 Å². The van der Waals surface area contributed by atoms with Crippen LogP contribution >= 0.6 is 0 Å². The van der Waals surface area contributed by atoms with Crippen LogP contribution < -0.4 is 0 Å². The number of hydrogen-bond donors (Lipinski definition) is 2. The van der Waals surface area contributed by atoms with Crippen molar-refractivity contribution in [3.63, 3.8) is 0 Å². The molecule has 2 aromatic carbocycles. The van der Waals surface area contributed by atoms with Crippen LogP contribution in [0.1, 0.15) is 16.7 Å². The Morgan fingerprint density at radius 3 is 2.25 bits per heavy atom. The van der Waals surface area contributed by atoms with E-state index < -0.39 is 9.84 Å². The Bertz CT molecular complexity index is 777. The van der Waals surface area contributed by atoms with Gasteiger partial charge in [0.25, 0.3) is 0 Å². The van der Waals surface area contributed by atoms with Crippen molar-refractivity contribution in [2.75, 3.05) is 0 Å². The molecule has 0 aromatic heterocycles. The highest BCUT2D eigenvalue weighted by atomic mass is 32.2. The van der Waals surface area contributed by atoms with Crippen LogP contribution in [-0.4, -0.2) is 18.6 Å². The van der Waals surface area contributed by atoms with Crippen LogP contribution in [0.3, 0.4) is 0 Å². The number of hydrogen-bond acceptors (Lipinski definition) is 4. The summed E-state index contributed by atoms with van der Waals surface area (Å²) in [5.74, 6) is -0.330. The summed E-state index contributed by atoms with van der Waals surface area (Å²) < 4.78 is 25.3. The van der Waals surface area contributed by atoms with Gasteiger partial charge in [-0.1, -0.05) is 12.1 Å². The highest BCUT2D eigenvalue weighted by Crippen LogP contribution is 2.35. The molecular formula is C15H16O4S. The molecule has 0 saturated heterocycles. The van der Waals surface area contributed by atoms with E-state index in [1.165, 1.54) is 25.1 Å². The number of benzene rings is 2. The number of phenolic OH excluding ortho intramolecular Hbond substituents is 2. The third kappa shape index (κ3) is 2.25. The average Bonchev–Trinajstić information content (AvgIpc) is 2.36. The van der Waals surface area contributed by atoms with Gasteiger partial charge in [0.1, 0.15) is 16.4 Å². The lowest BCUT2D eigenvalue weighted by Gasteiger charge is -2.12. The van der Waals surface area contributed by atoms with Crippen molar-refractivity contribution in [2.24, 2.45) is 0 Å². The van der Waals surface area contributed by atoms with Gasteiger partial charge < -0.3 is 10.2 Å². The Morgan fingerprint density at radius 2 is 1.60 bits per heavy atom. The Labute approximate surface area is 118 Å². The van der Waals surface area contributed by atoms with Crippen LogP contribution in [0.5, 0.6) is 11.5 Å². The van der Waals surface area contributed by atoms with Crippen molar-refractivity contribution < 1.29 is 18.6 Å². The van der Waals surface area contributed by atoms with Gasteiger partial charge in [0, 0.05) is 5.56 Å². The number of aromatic hydroxyl groups is 2. The molecule has 0 atom stereocenters. The number of aryl methyl sites for hydroxylation is 2. The van der Waals surface area contributed by atoms with E-state index in [4.69, 9.17) is 0 Å². The lowest BCUT2D eigenvalue weighted by atomic mass is 10.1. The van der Waals surface area contributed by atoms with E-state index in [1.54, 1.807) is 26.0 Å². The van der Waals surface area contributed by atoms with Gasteiger partial charge in [-0.3, -0.25) is 0 Å². The van der Waals surface area contributed by atoms with E-state index >= 15 is 0 Å². The largest absolute Gasteiger partial charge is 0.508 e. The summed E-state index contributed by atoms with van der Waals surface area (Å²) in [6.45, 7) is 4.87. The van der Waals surface area contributed by atoms with E-state index in [-0.39, 0.29) is 26.9 Å². The average molecular weight is 292 g/mol. The van der Waals surface area contributed by atoms with Crippen LogP contribution in [0.15, 0.2) is 40.1 Å². The summed E-state index contributed by atoms with van der Waals surface area (Å²) in [4.78, 5) is -0.137. The maximum absolute atomic E-state index is 12.7. The molecule has 0 radical (unpaired) electrons. The number of rotatable bonds is 2. The SMILES string of the molecule is Cc1cc(O)c(C)c(S(=O)(=O)c2cccc(C)c2O)c1. The smallest absolute Gasteiger partial charge is 0.210 e. The van der Waals surface area contributed by atoms with Crippen LogP contribution in [0, 0.1) is 20.8 Å². The Balaban J connectivity index is 2.77. The maximum atomic E-state index is 12.7. The molecule has 2 aromatic rings. The fourth-order valence-electron chi connectivity index (χ4n) is 2.05. The summed E-state index contributed by atoms with van der Waals surface area (Å²) in [5.41, 5.74) is 1.40. The predicted octanol–water partition coefficient (Wildman–Crippen LogP) is 2.86. The lowest BCUT2D eigenvalue weighted by Crippen LogP contribution is -2.05. The maximum Gasteiger partial charge on any atom is 0.210 e. The summed E-state index contributed by atoms with van der Waals surface area (Å²) in [6.07, 6.45) is 0. The van der Waals surface area contributed by atoms with Crippen molar-refractivity contribution >= 4 is 9.84 Å². The lowest BCUT2D eigenvalue weighted by molar-refractivity contribution is 0.453. The van der Waals surface area contributed by atoms with Crippen molar-refractivity contribution in [1.82, 2.24) is 0 Å². The van der Waals surface area contributed by atoms with E-state index in [1.807, 2.05) is 0 Å². The van der Waals surface area contributed by atoms with Crippen LogP contribution in [-0.2, 0) is 9.84 Å². The van der Waals surface area contributed by atoms with Gasteiger partial charge in [0.15, 0.2) is 0 Å². The Hall–Kier alpha value is -2.01. The van der Waals surface area contributed by atoms with Crippen molar-refractivity contribution in [3.8, 4) is 11.5 Å². The molecule has 2 N–H and O–H groups in total. The number of sulfone groups is 1. The number of phenols is 2. The normalized spacial score (nSPS) is 11.6. The molecule has 0 unspecified atom stereocenters. The first kappa shape index (κ1) is 14.4. The van der Waals surface area contributed by atoms with Gasteiger partial charge in [-0.2, -0.15) is 0 Å². The first-order chi connectivity index (χ1) is 9.25. The second kappa shape index (κ2) is 4.83. The minimum absolute atomic E-state index is 0.0101. The molecule has 5 heteroatoms. The highest BCUT2D eigenvalue weighted by Gasteiger charge is 2.25. The van der Waals surface area contributed by atoms with Gasteiger partial charge in [-0.25, -0.2) is 8.42 Å². The minimum Gasteiger partial charge on any atom is -0.508 e. The molecule has 0 aliphatic rings. The van der Waals surface area contributed by atoms with E-state index in [0.29, 0.717) is 11.1 Å². The van der Waals surface area contributed by atoms with Crippen LogP contribution in [0.2, 0.25) is 0 Å². The topological polar surface area (TPSA) is 74.6 Å². The van der Waals surface area contributed by atoms with Crippen molar-refractivity contribution in [3.05, 3.63) is 47.0 Å². The fraction of sp³-hybridized carbons (Fsp3) is 0.200. The van der Waals surface area contributed by atoms with Crippen molar-refractivity contribution in [1.29, 1.82) is 0 Å². The molecule has 0 aliphatic heterocycles. The summed E-state index contributed by atoms with van der Waals surface area (Å²) in [6, 6.07) is 7.56. The molecule has 20 heavy (non-hydrogen) atoms. The van der Waals surface area contributed by atoms with Gasteiger partial charge in [-0.15, -0.1) is 0 Å². The molecule has 0 saturated carbocycles. The fourth-order valence-corrected chi connectivity index (χ4v) is 3.81. The second-order valence-corrected chi connectivity index (χ2v) is 6.72. The molecule has 0 heterocycles. The molecule has 106 valence electrons. The Kier molecular flexibility index (Phi) is 3.48. The van der Waals surface area contributed by atoms with Gasteiger partial charge in [0.2, 0.25) is 9.84 Å². The van der Waals surface area contributed by atoms with E-state index in [9.17, 15) is 18.6 Å². The minimum atomic E-state index is -3.88. The third-order valence-corrected chi connectivity index (χ3v) is 5.17. The quantitative estimate of drug-likeness (QED) is 0.892. The predicted molar refractivity (Wildman–Crippen MR) is 75.9 cm³/mol. The molecule has 2 rings (SSSR count). The van der Waals surface area contributed by atoms with Crippen LogP contribution in [0.25, 0.3) is 0 Å².